The van der Waals surface area contributed by atoms with E-state index in [1.807, 2.05) is 13.8 Å². The van der Waals surface area contributed by atoms with Gasteiger partial charge in [0.15, 0.2) is 5.75 Å². The van der Waals surface area contributed by atoms with Crippen LogP contribution in [0.15, 0.2) is 18.2 Å². The van der Waals surface area contributed by atoms with Crippen LogP contribution in [0.25, 0.3) is 0 Å². The summed E-state index contributed by atoms with van der Waals surface area (Å²) in [6, 6.07) is 3.15. The third-order valence-corrected chi connectivity index (χ3v) is 3.02. The van der Waals surface area contributed by atoms with E-state index in [1.165, 1.54) is 0 Å². The average Bonchev–Trinajstić information content (AvgIpc) is 2.26. The van der Waals surface area contributed by atoms with E-state index in [0.717, 1.165) is 18.2 Å². The molecule has 0 heterocycles. The van der Waals surface area contributed by atoms with Gasteiger partial charge in [0.2, 0.25) is 0 Å². The molecule has 17 heavy (non-hydrogen) atoms. The van der Waals surface area contributed by atoms with Gasteiger partial charge in [-0.25, -0.2) is 4.39 Å². The zero-order chi connectivity index (χ0) is 13.1. The summed E-state index contributed by atoms with van der Waals surface area (Å²) in [4.78, 5) is 10.1. The van der Waals surface area contributed by atoms with Gasteiger partial charge in [-0.1, -0.05) is 13.8 Å². The lowest BCUT2D eigenvalue weighted by Crippen LogP contribution is -2.23. The first-order valence-corrected chi connectivity index (χ1v) is 5.66. The first-order chi connectivity index (χ1) is 7.85. The summed E-state index contributed by atoms with van der Waals surface area (Å²) in [6.45, 7) is 4.05. The van der Waals surface area contributed by atoms with Crippen LogP contribution in [0.4, 0.5) is 10.1 Å². The Morgan fingerprint density at radius 3 is 2.71 bits per heavy atom. The molecule has 0 saturated carbocycles. The normalized spacial score (nSPS) is 11.3. The van der Waals surface area contributed by atoms with Gasteiger partial charge < -0.3 is 4.74 Å². The number of hydrogen-bond acceptors (Lipinski definition) is 4. The Bertz CT molecular complexity index is 423. The molecule has 0 spiro atoms. The predicted molar refractivity (Wildman–Crippen MR) is 66.2 cm³/mol. The minimum absolute atomic E-state index is 0.0511. The largest absolute Gasteiger partial charge is 0.486 e. The standard InChI is InChI=1S/C11H14FNO3S/c1-11(2,7-17)6-16-10-5-8(12)3-4-9(10)13(14)15/h3-5,17H,6-7H2,1-2H3. The lowest BCUT2D eigenvalue weighted by Gasteiger charge is -2.21. The number of nitro groups is 1. The van der Waals surface area contributed by atoms with E-state index in [4.69, 9.17) is 4.74 Å². The van der Waals surface area contributed by atoms with Crippen molar-refractivity contribution in [1.82, 2.24) is 0 Å². The first kappa shape index (κ1) is 13.8. The zero-order valence-electron chi connectivity index (χ0n) is 9.64. The summed E-state index contributed by atoms with van der Waals surface area (Å²) in [5.74, 6) is -0.0463. The van der Waals surface area contributed by atoms with Crippen molar-refractivity contribution >= 4 is 18.3 Å². The lowest BCUT2D eigenvalue weighted by molar-refractivity contribution is -0.386. The summed E-state index contributed by atoms with van der Waals surface area (Å²) >= 11 is 4.15. The molecule has 0 aliphatic carbocycles. The summed E-state index contributed by atoms with van der Waals surface area (Å²) in [7, 11) is 0. The summed E-state index contributed by atoms with van der Waals surface area (Å²) in [6.07, 6.45) is 0. The van der Waals surface area contributed by atoms with E-state index < -0.39 is 10.7 Å². The number of benzene rings is 1. The minimum atomic E-state index is -0.595. The van der Waals surface area contributed by atoms with Crippen LogP contribution in [0.5, 0.6) is 5.75 Å². The monoisotopic (exact) mass is 259 g/mol. The third kappa shape index (κ3) is 3.89. The fraction of sp³-hybridized carbons (Fsp3) is 0.455. The van der Waals surface area contributed by atoms with Crippen LogP contribution in [0.1, 0.15) is 13.8 Å². The Morgan fingerprint density at radius 1 is 1.53 bits per heavy atom. The first-order valence-electron chi connectivity index (χ1n) is 5.03. The Hall–Kier alpha value is -1.30. The molecule has 0 N–H and O–H groups in total. The van der Waals surface area contributed by atoms with E-state index in [9.17, 15) is 14.5 Å². The molecule has 94 valence electrons. The maximum atomic E-state index is 13.0. The zero-order valence-corrected chi connectivity index (χ0v) is 10.5. The van der Waals surface area contributed by atoms with Crippen molar-refractivity contribution in [3.63, 3.8) is 0 Å². The molecule has 1 aromatic rings. The van der Waals surface area contributed by atoms with E-state index >= 15 is 0 Å². The molecule has 4 nitrogen and oxygen atoms in total. The predicted octanol–water partition coefficient (Wildman–Crippen LogP) is 3.07. The molecular formula is C11H14FNO3S. The van der Waals surface area contributed by atoms with Gasteiger partial charge in [-0.05, 0) is 11.8 Å². The molecule has 0 amide bonds. The van der Waals surface area contributed by atoms with Gasteiger partial charge in [0.05, 0.1) is 11.5 Å². The molecule has 0 unspecified atom stereocenters. The molecule has 0 bridgehead atoms. The van der Waals surface area contributed by atoms with Crippen LogP contribution >= 0.6 is 12.6 Å². The van der Waals surface area contributed by atoms with Crippen LogP contribution in [0.2, 0.25) is 0 Å². The third-order valence-electron chi connectivity index (χ3n) is 2.16. The molecule has 0 fully saturated rings. The minimum Gasteiger partial charge on any atom is -0.486 e. The van der Waals surface area contributed by atoms with Crippen LogP contribution in [-0.2, 0) is 0 Å². The molecule has 0 aromatic heterocycles. The van der Waals surface area contributed by atoms with Crippen molar-refractivity contribution in [2.24, 2.45) is 5.41 Å². The quantitative estimate of drug-likeness (QED) is 0.502. The van der Waals surface area contributed by atoms with Gasteiger partial charge in [0.25, 0.3) is 0 Å². The number of nitro benzene ring substituents is 1. The molecule has 0 radical (unpaired) electrons. The fourth-order valence-corrected chi connectivity index (χ4v) is 1.16. The van der Waals surface area contributed by atoms with Gasteiger partial charge >= 0.3 is 5.69 Å². The van der Waals surface area contributed by atoms with Gasteiger partial charge in [0.1, 0.15) is 5.82 Å². The van der Waals surface area contributed by atoms with Crippen LogP contribution in [0, 0.1) is 21.3 Å². The van der Waals surface area contributed by atoms with Crippen molar-refractivity contribution < 1.29 is 14.1 Å². The molecule has 1 aromatic carbocycles. The van der Waals surface area contributed by atoms with E-state index in [2.05, 4.69) is 12.6 Å². The Morgan fingerprint density at radius 2 is 2.18 bits per heavy atom. The maximum absolute atomic E-state index is 13.0. The van der Waals surface area contributed by atoms with Crippen LogP contribution in [-0.4, -0.2) is 17.3 Å². The second-order valence-electron chi connectivity index (χ2n) is 4.48. The topological polar surface area (TPSA) is 52.4 Å². The molecular weight excluding hydrogens is 245 g/mol. The number of ether oxygens (including phenoxy) is 1. The van der Waals surface area contributed by atoms with Gasteiger partial charge in [0, 0.05) is 17.5 Å². The average molecular weight is 259 g/mol. The highest BCUT2D eigenvalue weighted by molar-refractivity contribution is 7.80. The highest BCUT2D eigenvalue weighted by atomic mass is 32.1. The number of nitrogens with zero attached hydrogens (tertiary/aromatic N) is 1. The highest BCUT2D eigenvalue weighted by Crippen LogP contribution is 2.29. The van der Waals surface area contributed by atoms with Crippen molar-refractivity contribution in [3.8, 4) is 5.75 Å². The molecule has 0 aliphatic heterocycles. The Labute approximate surface area is 104 Å². The summed E-state index contributed by atoms with van der Waals surface area (Å²) in [5.41, 5.74) is -0.468. The fourth-order valence-electron chi connectivity index (χ4n) is 1.07. The van der Waals surface area contributed by atoms with E-state index in [1.54, 1.807) is 0 Å². The van der Waals surface area contributed by atoms with Gasteiger partial charge in [-0.2, -0.15) is 12.6 Å². The number of halogens is 1. The maximum Gasteiger partial charge on any atom is 0.311 e. The number of hydrogen-bond donors (Lipinski definition) is 1. The molecule has 0 saturated heterocycles. The summed E-state index contributed by atoms with van der Waals surface area (Å²) in [5, 5.41) is 10.7. The second-order valence-corrected chi connectivity index (χ2v) is 4.80. The van der Waals surface area contributed by atoms with Crippen molar-refractivity contribution in [2.45, 2.75) is 13.8 Å². The Kier molecular flexibility index (Phi) is 4.34. The van der Waals surface area contributed by atoms with Crippen LogP contribution in [0.3, 0.4) is 0 Å². The molecule has 1 rings (SSSR count). The lowest BCUT2D eigenvalue weighted by atomic mass is 9.98. The number of thiol groups is 1. The second kappa shape index (κ2) is 5.35. The summed E-state index contributed by atoms with van der Waals surface area (Å²) < 4.78 is 18.3. The van der Waals surface area contributed by atoms with Gasteiger partial charge in [-0.3, -0.25) is 10.1 Å². The van der Waals surface area contributed by atoms with E-state index in [-0.39, 0.29) is 23.5 Å². The van der Waals surface area contributed by atoms with Crippen LogP contribution < -0.4 is 4.74 Å². The molecule has 0 atom stereocenters. The smallest absolute Gasteiger partial charge is 0.311 e. The van der Waals surface area contributed by atoms with Crippen molar-refractivity contribution in [2.75, 3.05) is 12.4 Å². The molecule has 0 aliphatic rings. The van der Waals surface area contributed by atoms with Crippen molar-refractivity contribution in [3.05, 3.63) is 34.1 Å². The van der Waals surface area contributed by atoms with Gasteiger partial charge in [-0.15, -0.1) is 0 Å². The SMILES string of the molecule is CC(C)(CS)COc1cc(F)ccc1[N+](=O)[O-]. The highest BCUT2D eigenvalue weighted by Gasteiger charge is 2.21. The van der Waals surface area contributed by atoms with E-state index in [0.29, 0.717) is 5.75 Å². The number of rotatable bonds is 5. The van der Waals surface area contributed by atoms with Crippen molar-refractivity contribution in [1.29, 1.82) is 0 Å². The molecule has 6 heteroatoms. The Balaban J connectivity index is 2.89.